The predicted molar refractivity (Wildman–Crippen MR) is 84.0 cm³/mol. The number of para-hydroxylation sites is 2. The van der Waals surface area contributed by atoms with Crippen molar-refractivity contribution in [1.29, 1.82) is 5.26 Å². The number of hydrogen-bond acceptors (Lipinski definition) is 4. The van der Waals surface area contributed by atoms with Gasteiger partial charge in [0.1, 0.15) is 10.8 Å². The van der Waals surface area contributed by atoms with E-state index in [1.54, 1.807) is 11.3 Å². The van der Waals surface area contributed by atoms with Crippen LogP contribution in [-0.2, 0) is 6.42 Å². The summed E-state index contributed by atoms with van der Waals surface area (Å²) in [6.45, 7) is 0. The Labute approximate surface area is 124 Å². The molecule has 0 aliphatic rings. The number of hydrogen-bond donors (Lipinski definition) is 1. The minimum Gasteiger partial charge on any atom is -0.338 e. The van der Waals surface area contributed by atoms with Crippen molar-refractivity contribution >= 4 is 32.6 Å². The van der Waals surface area contributed by atoms with Gasteiger partial charge in [0.2, 0.25) is 0 Å². The molecule has 0 aliphatic carbocycles. The van der Waals surface area contributed by atoms with E-state index in [9.17, 15) is 0 Å². The van der Waals surface area contributed by atoms with Crippen molar-refractivity contribution in [2.45, 2.75) is 6.42 Å². The van der Waals surface area contributed by atoms with Crippen LogP contribution in [0.5, 0.6) is 0 Å². The maximum Gasteiger partial charge on any atom is 0.138 e. The zero-order chi connectivity index (χ0) is 14.2. The molecule has 4 rings (SSSR count). The number of nitriles is 1. The number of aromatic amines is 1. The van der Waals surface area contributed by atoms with E-state index in [0.717, 1.165) is 37.6 Å². The van der Waals surface area contributed by atoms with Gasteiger partial charge < -0.3 is 4.98 Å². The van der Waals surface area contributed by atoms with Crippen LogP contribution in [0.3, 0.4) is 0 Å². The average Bonchev–Trinajstić information content (AvgIpc) is 3.09. The van der Waals surface area contributed by atoms with E-state index in [1.165, 1.54) is 0 Å². The Balaban J connectivity index is 1.84. The number of H-pyrrole nitrogens is 1. The van der Waals surface area contributed by atoms with Gasteiger partial charge in [-0.15, -0.1) is 11.3 Å². The largest absolute Gasteiger partial charge is 0.338 e. The highest BCUT2D eigenvalue weighted by molar-refractivity contribution is 7.18. The van der Waals surface area contributed by atoms with E-state index < -0.39 is 0 Å². The molecule has 4 aromatic rings. The van der Waals surface area contributed by atoms with Gasteiger partial charge in [-0.2, -0.15) is 5.26 Å². The van der Waals surface area contributed by atoms with Crippen molar-refractivity contribution in [3.05, 3.63) is 47.5 Å². The minimum absolute atomic E-state index is 0.360. The Kier molecular flexibility index (Phi) is 2.69. The Morgan fingerprint density at radius 1 is 1.10 bits per heavy atom. The van der Waals surface area contributed by atoms with Gasteiger partial charge in [-0.1, -0.05) is 12.1 Å². The number of benzene rings is 2. The molecule has 0 unspecified atom stereocenters. The quantitative estimate of drug-likeness (QED) is 0.608. The number of imidazole rings is 1. The Bertz CT molecular complexity index is 957. The topological polar surface area (TPSA) is 65.4 Å². The van der Waals surface area contributed by atoms with E-state index in [2.05, 4.69) is 27.1 Å². The Morgan fingerprint density at radius 3 is 2.86 bits per heavy atom. The summed E-state index contributed by atoms with van der Waals surface area (Å²) in [4.78, 5) is 12.4. The van der Waals surface area contributed by atoms with E-state index in [-0.39, 0.29) is 0 Å². The molecule has 0 aliphatic heterocycles. The SMILES string of the molecule is N#CCc1nc2ccc(-c3nc4ccccc4[nH]3)cc2s1. The van der Waals surface area contributed by atoms with Crippen LogP contribution in [0.25, 0.3) is 32.6 Å². The van der Waals surface area contributed by atoms with Crippen molar-refractivity contribution in [3.8, 4) is 17.5 Å². The third kappa shape index (κ3) is 2.06. The van der Waals surface area contributed by atoms with Crippen molar-refractivity contribution in [2.75, 3.05) is 0 Å². The van der Waals surface area contributed by atoms with E-state index in [0.29, 0.717) is 6.42 Å². The summed E-state index contributed by atoms with van der Waals surface area (Å²) in [6, 6.07) is 16.2. The van der Waals surface area contributed by atoms with Gasteiger partial charge in [0, 0.05) is 5.56 Å². The van der Waals surface area contributed by atoms with Crippen LogP contribution in [0.15, 0.2) is 42.5 Å². The molecule has 2 aromatic carbocycles. The molecule has 0 radical (unpaired) electrons. The number of nitrogens with one attached hydrogen (secondary N) is 1. The van der Waals surface area contributed by atoms with Crippen LogP contribution in [0, 0.1) is 11.3 Å². The van der Waals surface area contributed by atoms with Crippen LogP contribution < -0.4 is 0 Å². The lowest BCUT2D eigenvalue weighted by Crippen LogP contribution is -1.80. The van der Waals surface area contributed by atoms with Crippen LogP contribution in [-0.4, -0.2) is 15.0 Å². The van der Waals surface area contributed by atoms with E-state index in [1.807, 2.05) is 36.4 Å². The lowest BCUT2D eigenvalue weighted by Gasteiger charge is -1.95. The fourth-order valence-electron chi connectivity index (χ4n) is 2.35. The van der Waals surface area contributed by atoms with Crippen LogP contribution in [0.1, 0.15) is 5.01 Å². The van der Waals surface area contributed by atoms with Crippen molar-refractivity contribution in [1.82, 2.24) is 15.0 Å². The first-order valence-electron chi connectivity index (χ1n) is 6.55. The maximum absolute atomic E-state index is 8.76. The highest BCUT2D eigenvalue weighted by Gasteiger charge is 2.08. The molecule has 4 nitrogen and oxygen atoms in total. The summed E-state index contributed by atoms with van der Waals surface area (Å²) in [5, 5.41) is 9.62. The molecule has 21 heavy (non-hydrogen) atoms. The number of thiazole rings is 1. The van der Waals surface area contributed by atoms with Crippen LogP contribution in [0.4, 0.5) is 0 Å². The minimum atomic E-state index is 0.360. The average molecular weight is 290 g/mol. The first-order valence-corrected chi connectivity index (χ1v) is 7.37. The molecule has 0 saturated carbocycles. The molecule has 0 saturated heterocycles. The first-order chi connectivity index (χ1) is 10.3. The third-order valence-electron chi connectivity index (χ3n) is 3.33. The molecule has 0 atom stereocenters. The van der Waals surface area contributed by atoms with Gasteiger partial charge in [-0.05, 0) is 30.3 Å². The van der Waals surface area contributed by atoms with Gasteiger partial charge in [0.05, 0.1) is 33.7 Å². The second kappa shape index (κ2) is 4.69. The monoisotopic (exact) mass is 290 g/mol. The summed E-state index contributed by atoms with van der Waals surface area (Å²) in [7, 11) is 0. The molecule has 1 N–H and O–H groups in total. The second-order valence-electron chi connectivity index (χ2n) is 4.73. The van der Waals surface area contributed by atoms with Gasteiger partial charge in [0.15, 0.2) is 0 Å². The van der Waals surface area contributed by atoms with E-state index in [4.69, 9.17) is 5.26 Å². The third-order valence-corrected chi connectivity index (χ3v) is 4.34. The summed E-state index contributed by atoms with van der Waals surface area (Å²) >= 11 is 1.56. The molecule has 0 spiro atoms. The van der Waals surface area contributed by atoms with Gasteiger partial charge >= 0.3 is 0 Å². The van der Waals surface area contributed by atoms with Crippen LogP contribution in [0.2, 0.25) is 0 Å². The number of nitrogens with zero attached hydrogens (tertiary/aromatic N) is 3. The first kappa shape index (κ1) is 12.1. The summed E-state index contributed by atoms with van der Waals surface area (Å²) in [5.41, 5.74) is 3.96. The zero-order valence-corrected chi connectivity index (χ0v) is 11.8. The molecule has 0 fully saturated rings. The molecular weight excluding hydrogens is 280 g/mol. The molecule has 2 heterocycles. The van der Waals surface area contributed by atoms with Crippen molar-refractivity contribution in [2.24, 2.45) is 0 Å². The van der Waals surface area contributed by atoms with Crippen molar-refractivity contribution in [3.63, 3.8) is 0 Å². The molecule has 100 valence electrons. The van der Waals surface area contributed by atoms with E-state index >= 15 is 0 Å². The zero-order valence-electron chi connectivity index (χ0n) is 11.0. The maximum atomic E-state index is 8.76. The van der Waals surface area contributed by atoms with Gasteiger partial charge in [0.25, 0.3) is 0 Å². The normalized spacial score (nSPS) is 11.0. The van der Waals surface area contributed by atoms with Crippen molar-refractivity contribution < 1.29 is 0 Å². The number of fused-ring (bicyclic) bond motifs is 2. The fraction of sp³-hybridized carbons (Fsp3) is 0.0625. The molecular formula is C16H10N4S. The van der Waals surface area contributed by atoms with Gasteiger partial charge in [-0.25, -0.2) is 9.97 Å². The highest BCUT2D eigenvalue weighted by Crippen LogP contribution is 2.28. The summed E-state index contributed by atoms with van der Waals surface area (Å²) in [6.07, 6.45) is 0.360. The molecule has 0 amide bonds. The van der Waals surface area contributed by atoms with Crippen LogP contribution >= 0.6 is 11.3 Å². The Hall–Kier alpha value is -2.71. The molecule has 2 aromatic heterocycles. The predicted octanol–water partition coefficient (Wildman–Crippen LogP) is 3.91. The van der Waals surface area contributed by atoms with Gasteiger partial charge in [-0.3, -0.25) is 0 Å². The lowest BCUT2D eigenvalue weighted by atomic mass is 10.2. The second-order valence-corrected chi connectivity index (χ2v) is 5.84. The highest BCUT2D eigenvalue weighted by atomic mass is 32.1. The summed E-state index contributed by atoms with van der Waals surface area (Å²) < 4.78 is 1.08. The molecule has 5 heteroatoms. The fourth-order valence-corrected chi connectivity index (χ4v) is 3.29. The summed E-state index contributed by atoms with van der Waals surface area (Å²) in [5.74, 6) is 0.855. The lowest BCUT2D eigenvalue weighted by molar-refractivity contribution is 1.21. The Morgan fingerprint density at radius 2 is 2.00 bits per heavy atom. The molecule has 0 bridgehead atoms. The number of aromatic nitrogens is 3. The standard InChI is InChI=1S/C16H10N4S/c17-8-7-15-18-13-6-5-10(9-14(13)21-15)16-19-11-3-1-2-4-12(11)20-16/h1-6,9H,7H2,(H,19,20). The smallest absolute Gasteiger partial charge is 0.138 e. The number of rotatable bonds is 2.